The molecule has 1 heterocycles. The summed E-state index contributed by atoms with van der Waals surface area (Å²) in [6, 6.07) is 3.31. The van der Waals surface area contributed by atoms with Gasteiger partial charge in [0, 0.05) is 12.1 Å². The summed E-state index contributed by atoms with van der Waals surface area (Å²) in [5.41, 5.74) is -1.24. The van der Waals surface area contributed by atoms with Gasteiger partial charge in [-0.15, -0.1) is 0 Å². The molecule has 2 amide bonds. The zero-order valence-corrected chi connectivity index (χ0v) is 12.0. The van der Waals surface area contributed by atoms with E-state index >= 15 is 0 Å². The zero-order chi connectivity index (χ0) is 16.5. The topological polar surface area (TPSA) is 58.6 Å². The Hall–Kier alpha value is -2.25. The van der Waals surface area contributed by atoms with Gasteiger partial charge >= 0.3 is 12.3 Å². The van der Waals surface area contributed by atoms with E-state index in [9.17, 15) is 22.8 Å². The Balaban J connectivity index is 2.42. The second kappa shape index (κ2) is 5.86. The third-order valence-corrected chi connectivity index (χ3v) is 3.16. The molecule has 8 heteroatoms. The first-order valence-electron chi connectivity index (χ1n) is 6.71. The number of carbonyl (C=O) groups excluding carboxylic acids is 2. The standard InChI is InChI=1S/C14H15F3N2O3/c1-3-12(20)18-9-4-5-11(10(6-9)14(15,16)17)19-7-8(2)22-13(19)21/h4-6,8H,3,7H2,1-2H3,(H,18,20). The van der Waals surface area contributed by atoms with E-state index in [-0.39, 0.29) is 24.3 Å². The smallest absolute Gasteiger partial charge is 0.418 e. The first-order chi connectivity index (χ1) is 10.2. The molecule has 1 aliphatic heterocycles. The van der Waals surface area contributed by atoms with Crippen molar-refractivity contribution in [3.8, 4) is 0 Å². The Morgan fingerprint density at radius 2 is 2.14 bits per heavy atom. The predicted molar refractivity (Wildman–Crippen MR) is 73.7 cm³/mol. The second-order valence-electron chi connectivity index (χ2n) is 4.94. The normalized spacial score (nSPS) is 18.3. The average molecular weight is 316 g/mol. The molecule has 1 aromatic carbocycles. The van der Waals surface area contributed by atoms with Crippen molar-refractivity contribution < 1.29 is 27.5 Å². The van der Waals surface area contributed by atoms with Gasteiger partial charge in [-0.25, -0.2) is 4.79 Å². The summed E-state index contributed by atoms with van der Waals surface area (Å²) in [6.07, 6.45) is -5.80. The fraction of sp³-hybridized carbons (Fsp3) is 0.429. The van der Waals surface area contributed by atoms with Crippen LogP contribution in [0.15, 0.2) is 18.2 Å². The Bertz CT molecular complexity index is 601. The molecule has 1 saturated heterocycles. The number of nitrogens with zero attached hydrogens (tertiary/aromatic N) is 1. The van der Waals surface area contributed by atoms with E-state index in [1.54, 1.807) is 13.8 Å². The number of halogens is 3. The molecule has 0 spiro atoms. The van der Waals surface area contributed by atoms with Gasteiger partial charge in [0.25, 0.3) is 0 Å². The molecule has 1 fully saturated rings. The Kier molecular flexibility index (Phi) is 4.30. The van der Waals surface area contributed by atoms with E-state index in [4.69, 9.17) is 4.74 Å². The van der Waals surface area contributed by atoms with Crippen molar-refractivity contribution in [3.05, 3.63) is 23.8 Å². The first kappa shape index (κ1) is 16.1. The van der Waals surface area contributed by atoms with Gasteiger partial charge in [0.15, 0.2) is 0 Å². The summed E-state index contributed by atoms with van der Waals surface area (Å²) in [4.78, 5) is 23.9. The summed E-state index contributed by atoms with van der Waals surface area (Å²) >= 11 is 0. The van der Waals surface area contributed by atoms with E-state index in [2.05, 4.69) is 5.32 Å². The monoisotopic (exact) mass is 316 g/mol. The van der Waals surface area contributed by atoms with Crippen LogP contribution in [-0.2, 0) is 15.7 Å². The summed E-state index contributed by atoms with van der Waals surface area (Å²) in [6.45, 7) is 3.24. The van der Waals surface area contributed by atoms with E-state index in [1.165, 1.54) is 6.07 Å². The fourth-order valence-electron chi connectivity index (χ4n) is 2.13. The van der Waals surface area contributed by atoms with Gasteiger partial charge in [-0.3, -0.25) is 9.69 Å². The first-order valence-corrected chi connectivity index (χ1v) is 6.71. The molecule has 0 saturated carbocycles. The highest BCUT2D eigenvalue weighted by molar-refractivity contribution is 5.93. The molecule has 0 radical (unpaired) electrons. The Morgan fingerprint density at radius 1 is 1.45 bits per heavy atom. The quantitative estimate of drug-likeness (QED) is 0.930. The van der Waals surface area contributed by atoms with Crippen LogP contribution < -0.4 is 10.2 Å². The number of hydrogen-bond donors (Lipinski definition) is 1. The third-order valence-electron chi connectivity index (χ3n) is 3.16. The summed E-state index contributed by atoms with van der Waals surface area (Å²) < 4.78 is 44.6. The lowest BCUT2D eigenvalue weighted by Gasteiger charge is -2.20. The average Bonchev–Trinajstić information content (AvgIpc) is 2.76. The highest BCUT2D eigenvalue weighted by atomic mass is 19.4. The largest absolute Gasteiger partial charge is 0.444 e. The van der Waals surface area contributed by atoms with Crippen LogP contribution in [0.4, 0.5) is 29.3 Å². The lowest BCUT2D eigenvalue weighted by Crippen LogP contribution is -2.27. The second-order valence-corrected chi connectivity index (χ2v) is 4.94. The van der Waals surface area contributed by atoms with E-state index in [0.717, 1.165) is 17.0 Å². The van der Waals surface area contributed by atoms with Crippen molar-refractivity contribution in [2.75, 3.05) is 16.8 Å². The van der Waals surface area contributed by atoms with Gasteiger partial charge in [-0.2, -0.15) is 13.2 Å². The molecule has 1 unspecified atom stereocenters. The molecule has 1 atom stereocenters. The minimum Gasteiger partial charge on any atom is -0.444 e. The van der Waals surface area contributed by atoms with E-state index in [0.29, 0.717) is 0 Å². The van der Waals surface area contributed by atoms with E-state index in [1.807, 2.05) is 0 Å². The van der Waals surface area contributed by atoms with Crippen LogP contribution in [0.2, 0.25) is 0 Å². The number of rotatable bonds is 3. The number of ether oxygens (including phenoxy) is 1. The minimum absolute atomic E-state index is 0.0311. The van der Waals surface area contributed by atoms with Crippen LogP contribution >= 0.6 is 0 Å². The minimum atomic E-state index is -4.66. The fourth-order valence-corrected chi connectivity index (χ4v) is 2.13. The molecule has 1 aliphatic rings. The van der Waals surface area contributed by atoms with Crippen LogP contribution in [0.1, 0.15) is 25.8 Å². The van der Waals surface area contributed by atoms with Crippen LogP contribution in [-0.4, -0.2) is 24.6 Å². The van der Waals surface area contributed by atoms with Gasteiger partial charge in [-0.05, 0) is 25.1 Å². The zero-order valence-electron chi connectivity index (χ0n) is 12.0. The third kappa shape index (κ3) is 3.32. The predicted octanol–water partition coefficient (Wildman–Crippen LogP) is 3.40. The molecule has 0 aromatic heterocycles. The van der Waals surface area contributed by atoms with Crippen molar-refractivity contribution in [1.82, 2.24) is 0 Å². The number of benzene rings is 1. The molecular weight excluding hydrogens is 301 g/mol. The molecule has 5 nitrogen and oxygen atoms in total. The molecular formula is C14H15F3N2O3. The van der Waals surface area contributed by atoms with Crippen LogP contribution in [0.3, 0.4) is 0 Å². The van der Waals surface area contributed by atoms with Crippen molar-refractivity contribution >= 4 is 23.4 Å². The molecule has 2 rings (SSSR count). The van der Waals surface area contributed by atoms with Crippen molar-refractivity contribution in [1.29, 1.82) is 0 Å². The molecule has 0 bridgehead atoms. The van der Waals surface area contributed by atoms with Crippen molar-refractivity contribution in [2.24, 2.45) is 0 Å². The number of carbonyl (C=O) groups is 2. The van der Waals surface area contributed by atoms with Crippen LogP contribution in [0.25, 0.3) is 0 Å². The van der Waals surface area contributed by atoms with Crippen LogP contribution in [0, 0.1) is 0 Å². The highest BCUT2D eigenvalue weighted by Crippen LogP contribution is 2.39. The Labute approximate surface area is 125 Å². The van der Waals surface area contributed by atoms with Gasteiger partial charge < -0.3 is 10.1 Å². The number of cyclic esters (lactones) is 1. The maximum atomic E-state index is 13.2. The van der Waals surface area contributed by atoms with Gasteiger partial charge in [0.2, 0.25) is 5.91 Å². The summed E-state index contributed by atoms with van der Waals surface area (Å²) in [5.74, 6) is -0.393. The van der Waals surface area contributed by atoms with Crippen LogP contribution in [0.5, 0.6) is 0 Å². The number of amides is 2. The summed E-state index contributed by atoms with van der Waals surface area (Å²) in [7, 11) is 0. The van der Waals surface area contributed by atoms with Gasteiger partial charge in [0.1, 0.15) is 6.10 Å². The highest BCUT2D eigenvalue weighted by Gasteiger charge is 2.39. The molecule has 1 N–H and O–H groups in total. The van der Waals surface area contributed by atoms with Gasteiger partial charge in [-0.1, -0.05) is 6.92 Å². The lowest BCUT2D eigenvalue weighted by atomic mass is 10.1. The number of alkyl halides is 3. The lowest BCUT2D eigenvalue weighted by molar-refractivity contribution is -0.137. The SMILES string of the molecule is CCC(=O)Nc1ccc(N2CC(C)OC2=O)c(C(F)(F)F)c1. The molecule has 1 aromatic rings. The van der Waals surface area contributed by atoms with Crippen molar-refractivity contribution in [3.63, 3.8) is 0 Å². The number of nitrogens with one attached hydrogen (secondary N) is 1. The summed E-state index contributed by atoms with van der Waals surface area (Å²) in [5, 5.41) is 2.37. The molecule has 22 heavy (non-hydrogen) atoms. The van der Waals surface area contributed by atoms with E-state index < -0.39 is 29.8 Å². The number of anilines is 2. The maximum Gasteiger partial charge on any atom is 0.418 e. The Morgan fingerprint density at radius 3 is 2.64 bits per heavy atom. The maximum absolute atomic E-state index is 13.2. The molecule has 0 aliphatic carbocycles. The molecule has 120 valence electrons. The van der Waals surface area contributed by atoms with Gasteiger partial charge in [0.05, 0.1) is 17.8 Å². The van der Waals surface area contributed by atoms with Crippen molar-refractivity contribution in [2.45, 2.75) is 32.5 Å². The number of hydrogen-bond acceptors (Lipinski definition) is 3.